The maximum atomic E-state index is 12.3. The van der Waals surface area contributed by atoms with Crippen molar-refractivity contribution in [3.8, 4) is 0 Å². The number of fused-ring (bicyclic) bond motifs is 3. The number of thiophene rings is 2. The highest BCUT2D eigenvalue weighted by molar-refractivity contribution is 7.33. The van der Waals surface area contributed by atoms with E-state index in [2.05, 4.69) is 34.9 Å². The monoisotopic (exact) mass is 316 g/mol. The second kappa shape index (κ2) is 5.40. The summed E-state index contributed by atoms with van der Waals surface area (Å²) < 4.78 is 3.74. The van der Waals surface area contributed by atoms with Gasteiger partial charge in [-0.05, 0) is 31.5 Å². The molecule has 1 unspecified atom stereocenters. The van der Waals surface area contributed by atoms with Crippen LogP contribution < -0.4 is 10.6 Å². The Bertz CT molecular complexity index is 799. The predicted molar refractivity (Wildman–Crippen MR) is 90.6 cm³/mol. The lowest BCUT2D eigenvalue weighted by Gasteiger charge is -2.10. The third-order valence-corrected chi connectivity index (χ3v) is 6.36. The van der Waals surface area contributed by atoms with Gasteiger partial charge in [0, 0.05) is 27.4 Å². The summed E-state index contributed by atoms with van der Waals surface area (Å²) in [5.41, 5.74) is 0. The SMILES string of the molecule is O=C(NCC1CCCN1)c1cc2sc3ccccc3c2s1. The fraction of sp³-hybridized carbons (Fsp3) is 0.312. The number of nitrogens with one attached hydrogen (secondary N) is 2. The largest absolute Gasteiger partial charge is 0.350 e. The van der Waals surface area contributed by atoms with Gasteiger partial charge < -0.3 is 10.6 Å². The van der Waals surface area contributed by atoms with Crippen molar-refractivity contribution < 1.29 is 4.79 Å². The highest BCUT2D eigenvalue weighted by Crippen LogP contribution is 2.39. The molecule has 3 heterocycles. The second-order valence-corrected chi connectivity index (χ2v) is 7.54. The molecule has 5 heteroatoms. The van der Waals surface area contributed by atoms with Crippen molar-refractivity contribution >= 4 is 48.1 Å². The molecule has 0 radical (unpaired) electrons. The first-order valence-corrected chi connectivity index (χ1v) is 8.87. The summed E-state index contributed by atoms with van der Waals surface area (Å²) >= 11 is 3.36. The number of benzene rings is 1. The fourth-order valence-corrected chi connectivity index (χ4v) is 5.29. The molecule has 2 aromatic heterocycles. The smallest absolute Gasteiger partial charge is 0.261 e. The molecule has 2 N–H and O–H groups in total. The van der Waals surface area contributed by atoms with Gasteiger partial charge in [0.05, 0.1) is 9.58 Å². The van der Waals surface area contributed by atoms with Crippen LogP contribution in [-0.4, -0.2) is 25.0 Å². The topological polar surface area (TPSA) is 41.1 Å². The maximum absolute atomic E-state index is 12.3. The van der Waals surface area contributed by atoms with Crippen molar-refractivity contribution in [3.05, 3.63) is 35.2 Å². The minimum atomic E-state index is 0.0566. The van der Waals surface area contributed by atoms with Gasteiger partial charge in [-0.15, -0.1) is 22.7 Å². The van der Waals surface area contributed by atoms with E-state index in [-0.39, 0.29) is 5.91 Å². The van der Waals surface area contributed by atoms with Gasteiger partial charge in [-0.2, -0.15) is 0 Å². The van der Waals surface area contributed by atoms with Crippen LogP contribution in [0.2, 0.25) is 0 Å². The lowest BCUT2D eigenvalue weighted by molar-refractivity contribution is 0.0954. The summed E-state index contributed by atoms with van der Waals surface area (Å²) in [5, 5.41) is 7.72. The van der Waals surface area contributed by atoms with Crippen molar-refractivity contribution in [2.24, 2.45) is 0 Å². The summed E-state index contributed by atoms with van der Waals surface area (Å²) in [6.45, 7) is 1.80. The lowest BCUT2D eigenvalue weighted by Crippen LogP contribution is -2.36. The Balaban J connectivity index is 1.56. The minimum absolute atomic E-state index is 0.0566. The Morgan fingerprint density at radius 3 is 3.05 bits per heavy atom. The van der Waals surface area contributed by atoms with Crippen LogP contribution in [0.15, 0.2) is 30.3 Å². The van der Waals surface area contributed by atoms with Crippen LogP contribution in [0, 0.1) is 0 Å². The third-order valence-electron chi connectivity index (χ3n) is 3.94. The molecule has 4 rings (SSSR count). The molecule has 1 saturated heterocycles. The highest BCUT2D eigenvalue weighted by Gasteiger charge is 2.17. The molecule has 108 valence electrons. The van der Waals surface area contributed by atoms with Crippen LogP contribution in [0.3, 0.4) is 0 Å². The van der Waals surface area contributed by atoms with Crippen LogP contribution in [0.4, 0.5) is 0 Å². The van der Waals surface area contributed by atoms with Gasteiger partial charge in [0.15, 0.2) is 0 Å². The van der Waals surface area contributed by atoms with Gasteiger partial charge in [-0.3, -0.25) is 4.79 Å². The Kier molecular flexibility index (Phi) is 3.41. The van der Waals surface area contributed by atoms with Crippen LogP contribution >= 0.6 is 22.7 Å². The van der Waals surface area contributed by atoms with Crippen LogP contribution in [0.5, 0.6) is 0 Å². The van der Waals surface area contributed by atoms with E-state index in [4.69, 9.17) is 0 Å². The fourth-order valence-electron chi connectivity index (χ4n) is 2.85. The van der Waals surface area contributed by atoms with Crippen LogP contribution in [0.1, 0.15) is 22.5 Å². The van der Waals surface area contributed by atoms with E-state index in [9.17, 15) is 4.79 Å². The molecule has 1 fully saturated rings. The number of hydrogen-bond acceptors (Lipinski definition) is 4. The minimum Gasteiger partial charge on any atom is -0.350 e. The average molecular weight is 316 g/mol. The van der Waals surface area contributed by atoms with E-state index in [1.807, 2.05) is 6.07 Å². The van der Waals surface area contributed by atoms with Crippen molar-refractivity contribution in [1.29, 1.82) is 0 Å². The van der Waals surface area contributed by atoms with Crippen molar-refractivity contribution in [2.45, 2.75) is 18.9 Å². The predicted octanol–water partition coefficient (Wildman–Crippen LogP) is 3.60. The van der Waals surface area contributed by atoms with E-state index in [1.54, 1.807) is 22.7 Å². The Morgan fingerprint density at radius 1 is 1.29 bits per heavy atom. The van der Waals surface area contributed by atoms with E-state index < -0.39 is 0 Å². The Morgan fingerprint density at radius 2 is 2.19 bits per heavy atom. The summed E-state index contributed by atoms with van der Waals surface area (Å²) in [7, 11) is 0. The Labute approximate surface area is 131 Å². The number of carbonyl (C=O) groups excluding carboxylic acids is 1. The summed E-state index contributed by atoms with van der Waals surface area (Å²) in [4.78, 5) is 13.1. The molecule has 0 spiro atoms. The second-order valence-electron chi connectivity index (χ2n) is 5.41. The van der Waals surface area contributed by atoms with Crippen molar-refractivity contribution in [2.75, 3.05) is 13.1 Å². The Hall–Kier alpha value is -1.43. The molecule has 1 aliphatic rings. The normalized spacial score (nSPS) is 18.6. The molecule has 0 aliphatic carbocycles. The molecule has 1 atom stereocenters. The zero-order valence-corrected chi connectivity index (χ0v) is 13.2. The molecule has 1 amide bonds. The van der Waals surface area contributed by atoms with Gasteiger partial charge in [0.1, 0.15) is 0 Å². The first-order valence-electron chi connectivity index (χ1n) is 7.24. The number of rotatable bonds is 3. The van der Waals surface area contributed by atoms with Gasteiger partial charge >= 0.3 is 0 Å². The first-order chi connectivity index (χ1) is 10.3. The van der Waals surface area contributed by atoms with Gasteiger partial charge in [0.25, 0.3) is 5.91 Å². The first kappa shape index (κ1) is 13.2. The maximum Gasteiger partial charge on any atom is 0.261 e. The molecule has 3 nitrogen and oxygen atoms in total. The molecule has 1 aliphatic heterocycles. The quantitative estimate of drug-likeness (QED) is 0.775. The molecule has 0 bridgehead atoms. The molecule has 1 aromatic carbocycles. The summed E-state index contributed by atoms with van der Waals surface area (Å²) in [6, 6.07) is 10.9. The molecular formula is C16H16N2OS2. The van der Waals surface area contributed by atoms with Gasteiger partial charge in [0.2, 0.25) is 0 Å². The van der Waals surface area contributed by atoms with E-state index in [1.165, 1.54) is 25.9 Å². The highest BCUT2D eigenvalue weighted by atomic mass is 32.1. The average Bonchev–Trinajstić information content (AvgIpc) is 3.20. The molecule has 3 aromatic rings. The number of hydrogen-bond donors (Lipinski definition) is 2. The number of carbonyl (C=O) groups is 1. The zero-order valence-electron chi connectivity index (χ0n) is 11.5. The van der Waals surface area contributed by atoms with E-state index >= 15 is 0 Å². The summed E-state index contributed by atoms with van der Waals surface area (Å²) in [5.74, 6) is 0.0566. The number of amides is 1. The van der Waals surface area contributed by atoms with Gasteiger partial charge in [-0.25, -0.2) is 0 Å². The molecule has 21 heavy (non-hydrogen) atoms. The lowest BCUT2D eigenvalue weighted by atomic mass is 10.2. The summed E-state index contributed by atoms with van der Waals surface area (Å²) in [6.07, 6.45) is 2.37. The van der Waals surface area contributed by atoms with Gasteiger partial charge in [-0.1, -0.05) is 18.2 Å². The van der Waals surface area contributed by atoms with Crippen LogP contribution in [0.25, 0.3) is 19.5 Å². The standard InChI is InChI=1S/C16H16N2OS2/c19-16(18-9-10-4-3-7-17-10)14-8-13-15(21-14)11-5-1-2-6-12(11)20-13/h1-2,5-6,8,10,17H,3-4,7,9H2,(H,18,19). The van der Waals surface area contributed by atoms with Crippen molar-refractivity contribution in [1.82, 2.24) is 10.6 Å². The zero-order chi connectivity index (χ0) is 14.2. The van der Waals surface area contributed by atoms with E-state index in [0.29, 0.717) is 6.04 Å². The van der Waals surface area contributed by atoms with Crippen molar-refractivity contribution in [3.63, 3.8) is 0 Å². The van der Waals surface area contributed by atoms with E-state index in [0.717, 1.165) is 24.4 Å². The third kappa shape index (κ3) is 2.46. The molecule has 0 saturated carbocycles. The van der Waals surface area contributed by atoms with Crippen LogP contribution in [-0.2, 0) is 0 Å². The molecular weight excluding hydrogens is 300 g/mol.